The van der Waals surface area contributed by atoms with Crippen molar-refractivity contribution in [1.29, 1.82) is 0 Å². The summed E-state index contributed by atoms with van der Waals surface area (Å²) in [4.78, 5) is 0.716. The standard InChI is InChI=1S/C18H21NO2S/c1-3-12-21-16-10-8-14(9-11-16)18(22)19-13-15-6-4-5-7-17(15)20-2/h4-11H,3,12-13H2,1-2H3,(H,19,22). The smallest absolute Gasteiger partial charge is 0.123 e. The van der Waals surface area contributed by atoms with Crippen molar-refractivity contribution in [3.63, 3.8) is 0 Å². The van der Waals surface area contributed by atoms with Crippen molar-refractivity contribution in [2.24, 2.45) is 0 Å². The third kappa shape index (κ3) is 4.46. The van der Waals surface area contributed by atoms with E-state index in [-0.39, 0.29) is 0 Å². The Hall–Kier alpha value is -2.07. The number of nitrogens with one attached hydrogen (secondary N) is 1. The quantitative estimate of drug-likeness (QED) is 0.784. The first-order chi connectivity index (χ1) is 10.7. The maximum Gasteiger partial charge on any atom is 0.123 e. The molecule has 2 aromatic carbocycles. The molecule has 0 aromatic heterocycles. The molecule has 4 heteroatoms. The molecule has 22 heavy (non-hydrogen) atoms. The Bertz CT molecular complexity index is 611. The number of thiocarbonyl (C=S) groups is 1. The minimum Gasteiger partial charge on any atom is -0.496 e. The van der Waals surface area contributed by atoms with E-state index in [4.69, 9.17) is 21.7 Å². The lowest BCUT2D eigenvalue weighted by molar-refractivity contribution is 0.317. The fraction of sp³-hybridized carbons (Fsp3) is 0.278. The highest BCUT2D eigenvalue weighted by Crippen LogP contribution is 2.17. The van der Waals surface area contributed by atoms with Crippen LogP contribution in [0.3, 0.4) is 0 Å². The predicted octanol–water partition coefficient (Wildman–Crippen LogP) is 3.95. The minimum atomic E-state index is 0.636. The van der Waals surface area contributed by atoms with E-state index in [1.54, 1.807) is 7.11 Å². The van der Waals surface area contributed by atoms with Crippen LogP contribution in [0.5, 0.6) is 11.5 Å². The average Bonchev–Trinajstić information content (AvgIpc) is 2.58. The van der Waals surface area contributed by atoms with Crippen LogP contribution in [0.25, 0.3) is 0 Å². The van der Waals surface area contributed by atoms with E-state index in [0.29, 0.717) is 11.5 Å². The van der Waals surface area contributed by atoms with Gasteiger partial charge in [0.05, 0.1) is 13.7 Å². The van der Waals surface area contributed by atoms with Crippen LogP contribution in [-0.4, -0.2) is 18.7 Å². The van der Waals surface area contributed by atoms with Crippen LogP contribution < -0.4 is 14.8 Å². The van der Waals surface area contributed by atoms with E-state index < -0.39 is 0 Å². The van der Waals surface area contributed by atoms with Gasteiger partial charge in [-0.3, -0.25) is 0 Å². The van der Waals surface area contributed by atoms with E-state index in [1.165, 1.54) is 0 Å². The molecule has 2 rings (SSSR count). The zero-order chi connectivity index (χ0) is 15.8. The van der Waals surface area contributed by atoms with Crippen LogP contribution in [0, 0.1) is 0 Å². The maximum absolute atomic E-state index is 5.57. The van der Waals surface area contributed by atoms with Gasteiger partial charge in [-0.2, -0.15) is 0 Å². The van der Waals surface area contributed by atoms with Gasteiger partial charge in [0.1, 0.15) is 16.5 Å². The molecule has 2 aromatic rings. The summed E-state index contributed by atoms with van der Waals surface area (Å²) in [7, 11) is 1.67. The summed E-state index contributed by atoms with van der Waals surface area (Å²) in [6, 6.07) is 15.8. The summed E-state index contributed by atoms with van der Waals surface area (Å²) >= 11 is 5.44. The van der Waals surface area contributed by atoms with Crippen LogP contribution in [-0.2, 0) is 6.54 Å². The van der Waals surface area contributed by atoms with Crippen LogP contribution in [0.1, 0.15) is 24.5 Å². The molecule has 0 aliphatic rings. The Kier molecular flexibility index (Phi) is 6.22. The number of para-hydroxylation sites is 1. The van der Waals surface area contributed by atoms with Crippen molar-refractivity contribution in [1.82, 2.24) is 5.32 Å². The molecule has 0 amide bonds. The molecule has 116 valence electrons. The van der Waals surface area contributed by atoms with Gasteiger partial charge in [0.2, 0.25) is 0 Å². The molecule has 0 spiro atoms. The van der Waals surface area contributed by atoms with Gasteiger partial charge >= 0.3 is 0 Å². The lowest BCUT2D eigenvalue weighted by Crippen LogP contribution is -2.21. The summed E-state index contributed by atoms with van der Waals surface area (Å²) in [5.41, 5.74) is 2.06. The highest BCUT2D eigenvalue weighted by Gasteiger charge is 2.05. The monoisotopic (exact) mass is 315 g/mol. The zero-order valence-electron chi connectivity index (χ0n) is 13.0. The summed E-state index contributed by atoms with van der Waals surface area (Å²) in [6.07, 6.45) is 1.00. The number of benzene rings is 2. The van der Waals surface area contributed by atoms with E-state index in [2.05, 4.69) is 12.2 Å². The molecule has 0 saturated carbocycles. The van der Waals surface area contributed by atoms with Crippen LogP contribution in [0.2, 0.25) is 0 Å². The van der Waals surface area contributed by atoms with Crippen molar-refractivity contribution in [3.05, 3.63) is 59.7 Å². The Morgan fingerprint density at radius 1 is 1.09 bits per heavy atom. The molecule has 3 nitrogen and oxygen atoms in total. The molecule has 0 radical (unpaired) electrons. The molecule has 1 N–H and O–H groups in total. The minimum absolute atomic E-state index is 0.636. The first-order valence-electron chi connectivity index (χ1n) is 7.37. The molecule has 0 bridgehead atoms. The molecule has 0 unspecified atom stereocenters. The van der Waals surface area contributed by atoms with Crippen molar-refractivity contribution in [2.45, 2.75) is 19.9 Å². The zero-order valence-corrected chi connectivity index (χ0v) is 13.8. The average molecular weight is 315 g/mol. The van der Waals surface area contributed by atoms with Gasteiger partial charge in [-0.15, -0.1) is 0 Å². The summed E-state index contributed by atoms with van der Waals surface area (Å²) in [5, 5.41) is 3.26. The SMILES string of the molecule is CCCOc1ccc(C(=S)NCc2ccccc2OC)cc1. The van der Waals surface area contributed by atoms with E-state index in [1.807, 2.05) is 48.5 Å². The van der Waals surface area contributed by atoms with Crippen LogP contribution in [0.15, 0.2) is 48.5 Å². The third-order valence-corrected chi connectivity index (χ3v) is 3.60. The van der Waals surface area contributed by atoms with Gasteiger partial charge in [0, 0.05) is 17.7 Å². The number of hydrogen-bond donors (Lipinski definition) is 1. The fourth-order valence-electron chi connectivity index (χ4n) is 2.05. The van der Waals surface area contributed by atoms with Gasteiger partial charge in [-0.1, -0.05) is 37.3 Å². The molecule has 0 aliphatic heterocycles. The lowest BCUT2D eigenvalue weighted by atomic mass is 10.2. The summed E-state index contributed by atoms with van der Waals surface area (Å²) in [6.45, 7) is 3.46. The van der Waals surface area contributed by atoms with Crippen LogP contribution >= 0.6 is 12.2 Å². The normalized spacial score (nSPS) is 10.1. The Morgan fingerprint density at radius 2 is 1.82 bits per heavy atom. The van der Waals surface area contributed by atoms with E-state index in [9.17, 15) is 0 Å². The fourth-order valence-corrected chi connectivity index (χ4v) is 2.26. The van der Waals surface area contributed by atoms with Gasteiger partial charge in [0.25, 0.3) is 0 Å². The van der Waals surface area contributed by atoms with Gasteiger partial charge in [-0.25, -0.2) is 0 Å². The first kappa shape index (κ1) is 16.3. The number of ether oxygens (including phenoxy) is 2. The Labute approximate surface area is 137 Å². The largest absolute Gasteiger partial charge is 0.496 e. The lowest BCUT2D eigenvalue weighted by Gasteiger charge is -2.12. The molecular formula is C18H21NO2S. The van der Waals surface area contributed by atoms with E-state index >= 15 is 0 Å². The number of methoxy groups -OCH3 is 1. The molecule has 0 aliphatic carbocycles. The van der Waals surface area contributed by atoms with Crippen molar-refractivity contribution in [2.75, 3.05) is 13.7 Å². The third-order valence-electron chi connectivity index (χ3n) is 3.22. The summed E-state index contributed by atoms with van der Waals surface area (Å²) < 4.78 is 10.9. The van der Waals surface area contributed by atoms with Crippen molar-refractivity contribution in [3.8, 4) is 11.5 Å². The Morgan fingerprint density at radius 3 is 2.50 bits per heavy atom. The second-order valence-corrected chi connectivity index (χ2v) is 5.28. The Balaban J connectivity index is 1.94. The molecule has 0 atom stereocenters. The second-order valence-electron chi connectivity index (χ2n) is 4.87. The highest BCUT2D eigenvalue weighted by atomic mass is 32.1. The van der Waals surface area contributed by atoms with Gasteiger partial charge in [-0.05, 0) is 36.8 Å². The molecule has 0 heterocycles. The number of hydrogen-bond acceptors (Lipinski definition) is 3. The molecule has 0 saturated heterocycles. The second kappa shape index (κ2) is 8.39. The summed E-state index contributed by atoms with van der Waals surface area (Å²) in [5.74, 6) is 1.74. The highest BCUT2D eigenvalue weighted by molar-refractivity contribution is 7.80. The maximum atomic E-state index is 5.57. The first-order valence-corrected chi connectivity index (χ1v) is 7.78. The van der Waals surface area contributed by atoms with Gasteiger partial charge < -0.3 is 14.8 Å². The van der Waals surface area contributed by atoms with Crippen molar-refractivity contribution < 1.29 is 9.47 Å². The topological polar surface area (TPSA) is 30.5 Å². The molecular weight excluding hydrogens is 294 g/mol. The molecule has 0 fully saturated rings. The predicted molar refractivity (Wildman–Crippen MR) is 93.8 cm³/mol. The number of rotatable bonds is 7. The van der Waals surface area contributed by atoms with Crippen molar-refractivity contribution >= 4 is 17.2 Å². The van der Waals surface area contributed by atoms with E-state index in [0.717, 1.165) is 35.7 Å². The van der Waals surface area contributed by atoms with Gasteiger partial charge in [0.15, 0.2) is 0 Å². The van der Waals surface area contributed by atoms with Crippen LogP contribution in [0.4, 0.5) is 0 Å².